The van der Waals surface area contributed by atoms with Crippen LogP contribution in [0.1, 0.15) is 49.8 Å². The number of ether oxygens (including phenoxy) is 3. The van der Waals surface area contributed by atoms with Gasteiger partial charge in [0.15, 0.2) is 0 Å². The molecule has 0 aliphatic carbocycles. The first-order chi connectivity index (χ1) is 23.8. The van der Waals surface area contributed by atoms with E-state index in [0.717, 1.165) is 52.1 Å². The summed E-state index contributed by atoms with van der Waals surface area (Å²) in [7, 11) is 0. The summed E-state index contributed by atoms with van der Waals surface area (Å²) in [6.45, 7) is 7.07. The quantitative estimate of drug-likeness (QED) is 0.0823. The first-order valence-electron chi connectivity index (χ1n) is 16.7. The number of hydrogen-bond donors (Lipinski definition) is 4. The molecule has 4 rings (SSSR count). The molecule has 0 unspecified atom stereocenters. The van der Waals surface area contributed by atoms with Crippen molar-refractivity contribution in [2.24, 2.45) is 0 Å². The van der Waals surface area contributed by atoms with Gasteiger partial charge in [-0.2, -0.15) is 0 Å². The molecule has 0 saturated carbocycles. The van der Waals surface area contributed by atoms with E-state index in [0.29, 0.717) is 45.0 Å². The molecule has 0 saturated heterocycles. The number of carboxylic acid groups (broad SMARTS) is 1. The molecule has 11 nitrogen and oxygen atoms in total. The number of benzene rings is 3. The average Bonchev–Trinajstić information content (AvgIpc) is 3.10. The molecule has 0 radical (unpaired) electrons. The van der Waals surface area contributed by atoms with Crippen molar-refractivity contribution in [2.75, 3.05) is 51.4 Å². The molecule has 1 heterocycles. The molecule has 0 bridgehead atoms. The molecular weight excluding hydrogens is 624 g/mol. The third-order valence-corrected chi connectivity index (χ3v) is 7.66. The smallest absolute Gasteiger partial charge is 0.305 e. The van der Waals surface area contributed by atoms with E-state index in [-0.39, 0.29) is 25.3 Å². The number of aliphatic carboxylic acids is 1. The molecule has 0 spiro atoms. The fraction of sp³-hybridized carbons (Fsp3) is 0.368. The van der Waals surface area contributed by atoms with Gasteiger partial charge in [0.1, 0.15) is 18.2 Å². The van der Waals surface area contributed by atoms with Gasteiger partial charge < -0.3 is 35.3 Å². The summed E-state index contributed by atoms with van der Waals surface area (Å²) < 4.78 is 16.9. The SMILES string of the molecule is CCCOCCOCCOc1ccc2cccc(-c3ccc([C@H](CC(=O)O)NC(=O)CNC(=O)CCCNc4cc(C)ccn4)cc3)c2c1. The van der Waals surface area contributed by atoms with Crippen LogP contribution in [0.5, 0.6) is 5.75 Å². The number of nitrogens with zero attached hydrogens (tertiary/aromatic N) is 1. The molecule has 0 aliphatic rings. The number of aryl methyl sites for hydroxylation is 1. The Labute approximate surface area is 287 Å². The highest BCUT2D eigenvalue weighted by atomic mass is 16.5. The number of fused-ring (bicyclic) bond motifs is 1. The largest absolute Gasteiger partial charge is 0.491 e. The number of hydrogen-bond acceptors (Lipinski definition) is 8. The Balaban J connectivity index is 1.30. The topological polar surface area (TPSA) is 148 Å². The third-order valence-electron chi connectivity index (χ3n) is 7.66. The fourth-order valence-electron chi connectivity index (χ4n) is 5.21. The van der Waals surface area contributed by atoms with E-state index in [1.165, 1.54) is 0 Å². The van der Waals surface area contributed by atoms with Crippen molar-refractivity contribution in [3.8, 4) is 16.9 Å². The zero-order valence-corrected chi connectivity index (χ0v) is 28.2. The molecule has 0 fully saturated rings. The molecule has 4 aromatic rings. The average molecular weight is 671 g/mol. The summed E-state index contributed by atoms with van der Waals surface area (Å²) in [5.74, 6) is -0.309. The van der Waals surface area contributed by atoms with Crippen LogP contribution >= 0.6 is 0 Å². The van der Waals surface area contributed by atoms with E-state index >= 15 is 0 Å². The minimum Gasteiger partial charge on any atom is -0.491 e. The maximum Gasteiger partial charge on any atom is 0.305 e. The second kappa shape index (κ2) is 19.7. The number of nitrogens with one attached hydrogen (secondary N) is 3. The van der Waals surface area contributed by atoms with Crippen LogP contribution in [0.15, 0.2) is 79.0 Å². The van der Waals surface area contributed by atoms with Crippen LogP contribution in [0, 0.1) is 6.92 Å². The van der Waals surface area contributed by atoms with Gasteiger partial charge in [0.05, 0.1) is 38.8 Å². The standard InChI is InChI=1S/C38H46N4O7/c1-3-18-47-19-20-48-21-22-49-31-14-13-28-6-4-7-32(33(28)24-31)29-9-11-30(12-10-29)34(25-38(45)46)42-37(44)26-41-36(43)8-5-16-39-35-23-27(2)15-17-40-35/h4,6-7,9-15,17,23-24,34H,3,5,8,16,18-22,25-26H2,1-2H3,(H,39,40)(H,41,43)(H,42,44)(H,45,46)/t34-/m0/s1. The lowest BCUT2D eigenvalue weighted by atomic mass is 9.95. The lowest BCUT2D eigenvalue weighted by Gasteiger charge is -2.18. The number of carbonyl (C=O) groups excluding carboxylic acids is 2. The second-order valence-corrected chi connectivity index (χ2v) is 11.6. The van der Waals surface area contributed by atoms with Gasteiger partial charge in [-0.15, -0.1) is 0 Å². The summed E-state index contributed by atoms with van der Waals surface area (Å²) >= 11 is 0. The van der Waals surface area contributed by atoms with Gasteiger partial charge in [-0.05, 0) is 77.1 Å². The minimum absolute atomic E-state index is 0.233. The Bertz CT molecular complexity index is 1660. The van der Waals surface area contributed by atoms with Crippen molar-refractivity contribution in [1.82, 2.24) is 15.6 Å². The van der Waals surface area contributed by atoms with Gasteiger partial charge in [-0.3, -0.25) is 14.4 Å². The highest BCUT2D eigenvalue weighted by Crippen LogP contribution is 2.32. The van der Waals surface area contributed by atoms with Crippen molar-refractivity contribution in [2.45, 2.75) is 45.6 Å². The van der Waals surface area contributed by atoms with E-state index in [2.05, 4.69) is 27.9 Å². The first-order valence-corrected chi connectivity index (χ1v) is 16.7. The number of pyridine rings is 1. The van der Waals surface area contributed by atoms with Crippen LogP contribution < -0.4 is 20.7 Å². The van der Waals surface area contributed by atoms with Crippen molar-refractivity contribution >= 4 is 34.4 Å². The third kappa shape index (κ3) is 12.5. The predicted molar refractivity (Wildman–Crippen MR) is 190 cm³/mol. The Morgan fingerprint density at radius 1 is 0.878 bits per heavy atom. The molecule has 260 valence electrons. The van der Waals surface area contributed by atoms with Crippen molar-refractivity contribution in [1.29, 1.82) is 0 Å². The Kier molecular flexibility index (Phi) is 14.8. The monoisotopic (exact) mass is 670 g/mol. The molecule has 3 aromatic carbocycles. The van der Waals surface area contributed by atoms with Gasteiger partial charge in [-0.1, -0.05) is 55.5 Å². The number of aromatic nitrogens is 1. The van der Waals surface area contributed by atoms with Crippen molar-refractivity contribution in [3.63, 3.8) is 0 Å². The Morgan fingerprint density at radius 3 is 2.41 bits per heavy atom. The minimum atomic E-state index is -1.05. The number of carboxylic acids is 1. The van der Waals surface area contributed by atoms with Crippen LogP contribution in [0.4, 0.5) is 5.82 Å². The van der Waals surface area contributed by atoms with E-state index in [4.69, 9.17) is 14.2 Å². The maximum absolute atomic E-state index is 12.7. The first kappa shape index (κ1) is 36.8. The lowest BCUT2D eigenvalue weighted by Crippen LogP contribution is -2.39. The van der Waals surface area contributed by atoms with Gasteiger partial charge in [0.25, 0.3) is 0 Å². The number of amides is 2. The van der Waals surface area contributed by atoms with E-state index in [9.17, 15) is 19.5 Å². The van der Waals surface area contributed by atoms with Crippen molar-refractivity contribution in [3.05, 3.63) is 90.1 Å². The molecule has 11 heteroatoms. The highest BCUT2D eigenvalue weighted by molar-refractivity contribution is 5.97. The van der Waals surface area contributed by atoms with Crippen LogP contribution in [0.2, 0.25) is 0 Å². The summed E-state index contributed by atoms with van der Waals surface area (Å²) in [6, 6.07) is 22.5. The molecule has 49 heavy (non-hydrogen) atoms. The summed E-state index contributed by atoms with van der Waals surface area (Å²) in [4.78, 5) is 40.9. The summed E-state index contributed by atoms with van der Waals surface area (Å²) in [5, 5.41) is 20.2. The number of carbonyl (C=O) groups is 3. The molecule has 2 amide bonds. The summed E-state index contributed by atoms with van der Waals surface area (Å²) in [6.07, 6.45) is 3.20. The molecule has 1 aromatic heterocycles. The molecular formula is C38H46N4O7. The van der Waals surface area contributed by atoms with E-state index in [1.54, 1.807) is 6.20 Å². The van der Waals surface area contributed by atoms with Crippen LogP contribution in [-0.4, -0.2) is 74.0 Å². The predicted octanol–water partition coefficient (Wildman–Crippen LogP) is 5.67. The van der Waals surface area contributed by atoms with E-state index in [1.807, 2.05) is 79.7 Å². The van der Waals surface area contributed by atoms with E-state index < -0.39 is 17.9 Å². The van der Waals surface area contributed by atoms with Gasteiger partial charge in [0.2, 0.25) is 11.8 Å². The lowest BCUT2D eigenvalue weighted by molar-refractivity contribution is -0.138. The van der Waals surface area contributed by atoms with Gasteiger partial charge in [-0.25, -0.2) is 4.98 Å². The number of rotatable bonds is 21. The Hall–Kier alpha value is -5.00. The molecule has 0 aliphatic heterocycles. The highest BCUT2D eigenvalue weighted by Gasteiger charge is 2.19. The fourth-order valence-corrected chi connectivity index (χ4v) is 5.21. The molecule has 4 N–H and O–H groups in total. The van der Waals surface area contributed by atoms with Gasteiger partial charge in [0, 0.05) is 25.8 Å². The zero-order chi connectivity index (χ0) is 34.8. The maximum atomic E-state index is 12.7. The van der Waals surface area contributed by atoms with Crippen molar-refractivity contribution < 1.29 is 33.7 Å². The zero-order valence-electron chi connectivity index (χ0n) is 28.2. The molecule has 1 atom stereocenters. The van der Waals surface area contributed by atoms with Crippen LogP contribution in [0.25, 0.3) is 21.9 Å². The van der Waals surface area contributed by atoms with Crippen LogP contribution in [0.3, 0.4) is 0 Å². The number of anilines is 1. The summed E-state index contributed by atoms with van der Waals surface area (Å²) in [5.41, 5.74) is 3.66. The van der Waals surface area contributed by atoms with Crippen LogP contribution in [-0.2, 0) is 23.9 Å². The normalized spacial score (nSPS) is 11.6. The Morgan fingerprint density at radius 2 is 1.65 bits per heavy atom. The van der Waals surface area contributed by atoms with Gasteiger partial charge >= 0.3 is 5.97 Å². The second-order valence-electron chi connectivity index (χ2n) is 11.6.